The number of aromatic nitrogens is 3. The van der Waals surface area contributed by atoms with Gasteiger partial charge in [0.1, 0.15) is 0 Å². The molecule has 0 bridgehead atoms. The number of hydrogen-bond donors (Lipinski definition) is 1. The average Bonchev–Trinajstić information content (AvgIpc) is 2.95. The first kappa shape index (κ1) is 16.0. The summed E-state index contributed by atoms with van der Waals surface area (Å²) in [4.78, 5) is 26.8. The van der Waals surface area contributed by atoms with Crippen molar-refractivity contribution in [3.8, 4) is 0 Å². The van der Waals surface area contributed by atoms with Crippen molar-refractivity contribution in [2.45, 2.75) is 40.7 Å². The maximum Gasteiger partial charge on any atom is 0.308 e. The van der Waals surface area contributed by atoms with Gasteiger partial charge in [0, 0.05) is 22.6 Å². The molecule has 0 aliphatic carbocycles. The average molecular weight is 303 g/mol. The van der Waals surface area contributed by atoms with E-state index < -0.39 is 5.97 Å². The number of carbonyl (C=O) groups is 2. The highest BCUT2D eigenvalue weighted by molar-refractivity contribution is 5.99. The topological polar surface area (TPSA) is 77.0 Å². The Labute approximate surface area is 129 Å². The minimum atomic E-state index is -0.397. The molecule has 2 aromatic heterocycles. The standard InChI is InChI=1S/C16H21N3O3/c1-10-8-14(13(4)17-10)15(20)9-22-16(21)5-6-19-12(3)7-11(2)18-19/h7-8,17H,5-6,9H2,1-4H3. The number of esters is 1. The van der Waals surface area contributed by atoms with E-state index in [4.69, 9.17) is 4.74 Å². The molecular formula is C16H21N3O3. The molecule has 0 saturated carbocycles. The first-order valence-electron chi connectivity index (χ1n) is 7.23. The van der Waals surface area contributed by atoms with Gasteiger partial charge in [0.15, 0.2) is 6.61 Å². The smallest absolute Gasteiger partial charge is 0.308 e. The van der Waals surface area contributed by atoms with E-state index in [1.807, 2.05) is 33.8 Å². The summed E-state index contributed by atoms with van der Waals surface area (Å²) in [6.45, 7) is 7.77. The van der Waals surface area contributed by atoms with Gasteiger partial charge in [0.2, 0.25) is 5.78 Å². The van der Waals surface area contributed by atoms with E-state index in [2.05, 4.69) is 10.1 Å². The van der Waals surface area contributed by atoms with Gasteiger partial charge in [-0.05, 0) is 39.8 Å². The second kappa shape index (κ2) is 6.60. The fraction of sp³-hybridized carbons (Fsp3) is 0.438. The number of Topliss-reactive ketones (excluding diaryl/α,β-unsaturated/α-hetero) is 1. The third-order valence-corrected chi connectivity index (χ3v) is 3.45. The van der Waals surface area contributed by atoms with Gasteiger partial charge in [-0.1, -0.05) is 0 Å². The first-order valence-corrected chi connectivity index (χ1v) is 7.23. The molecule has 0 fully saturated rings. The molecule has 2 aromatic rings. The Hall–Kier alpha value is -2.37. The summed E-state index contributed by atoms with van der Waals surface area (Å²) < 4.78 is 6.81. The van der Waals surface area contributed by atoms with Gasteiger partial charge in [-0.15, -0.1) is 0 Å². The van der Waals surface area contributed by atoms with Gasteiger partial charge in [-0.3, -0.25) is 14.3 Å². The van der Waals surface area contributed by atoms with Crippen molar-refractivity contribution in [2.24, 2.45) is 0 Å². The van der Waals surface area contributed by atoms with Crippen LogP contribution in [0.4, 0.5) is 0 Å². The molecule has 2 rings (SSSR count). The fourth-order valence-corrected chi connectivity index (χ4v) is 2.41. The molecule has 22 heavy (non-hydrogen) atoms. The molecule has 0 amide bonds. The predicted octanol–water partition coefficient (Wildman–Crippen LogP) is 2.26. The minimum Gasteiger partial charge on any atom is -0.457 e. The van der Waals surface area contributed by atoms with Crippen LogP contribution in [0.5, 0.6) is 0 Å². The van der Waals surface area contributed by atoms with E-state index in [9.17, 15) is 9.59 Å². The van der Waals surface area contributed by atoms with Crippen LogP contribution >= 0.6 is 0 Å². The van der Waals surface area contributed by atoms with Crippen molar-refractivity contribution >= 4 is 11.8 Å². The summed E-state index contributed by atoms with van der Waals surface area (Å²) in [5, 5.41) is 4.28. The molecule has 0 unspecified atom stereocenters. The second-order valence-electron chi connectivity index (χ2n) is 5.48. The Bertz CT molecular complexity index is 698. The Balaban J connectivity index is 1.81. The van der Waals surface area contributed by atoms with Crippen LogP contribution in [0.3, 0.4) is 0 Å². The summed E-state index contributed by atoms with van der Waals surface area (Å²) in [6.07, 6.45) is 0.195. The fourth-order valence-electron chi connectivity index (χ4n) is 2.41. The molecule has 0 saturated heterocycles. The number of aryl methyl sites for hydroxylation is 5. The predicted molar refractivity (Wildman–Crippen MR) is 81.9 cm³/mol. The Morgan fingerprint density at radius 3 is 2.50 bits per heavy atom. The van der Waals surface area contributed by atoms with Crippen molar-refractivity contribution in [2.75, 3.05) is 6.61 Å². The maximum absolute atomic E-state index is 12.0. The third-order valence-electron chi connectivity index (χ3n) is 3.45. The minimum absolute atomic E-state index is 0.193. The molecule has 0 aliphatic rings. The number of carbonyl (C=O) groups excluding carboxylic acids is 2. The number of H-pyrrole nitrogens is 1. The highest BCUT2D eigenvalue weighted by atomic mass is 16.5. The van der Waals surface area contributed by atoms with Gasteiger partial charge in [-0.25, -0.2) is 0 Å². The molecule has 1 N–H and O–H groups in total. The molecule has 6 nitrogen and oxygen atoms in total. The largest absolute Gasteiger partial charge is 0.457 e. The maximum atomic E-state index is 12.0. The zero-order valence-corrected chi connectivity index (χ0v) is 13.4. The van der Waals surface area contributed by atoms with E-state index in [0.29, 0.717) is 12.1 Å². The van der Waals surface area contributed by atoms with Crippen LogP contribution < -0.4 is 0 Å². The van der Waals surface area contributed by atoms with Crippen LogP contribution in [0, 0.1) is 27.7 Å². The highest BCUT2D eigenvalue weighted by Gasteiger charge is 2.14. The van der Waals surface area contributed by atoms with Gasteiger partial charge in [0.25, 0.3) is 0 Å². The van der Waals surface area contributed by atoms with E-state index in [0.717, 1.165) is 22.8 Å². The molecule has 0 aliphatic heterocycles. The molecule has 0 atom stereocenters. The zero-order valence-electron chi connectivity index (χ0n) is 13.4. The number of aromatic amines is 1. The Kier molecular flexibility index (Phi) is 4.80. The van der Waals surface area contributed by atoms with Crippen molar-refractivity contribution in [3.63, 3.8) is 0 Å². The van der Waals surface area contributed by atoms with Crippen molar-refractivity contribution in [3.05, 3.63) is 40.5 Å². The zero-order chi connectivity index (χ0) is 16.3. The lowest BCUT2D eigenvalue weighted by Crippen LogP contribution is -2.16. The SMILES string of the molecule is Cc1cc(C)n(CCC(=O)OCC(=O)c2cc(C)[nH]c2C)n1. The second-order valence-corrected chi connectivity index (χ2v) is 5.48. The van der Waals surface area contributed by atoms with Gasteiger partial charge in [0.05, 0.1) is 18.7 Å². The monoisotopic (exact) mass is 303 g/mol. The summed E-state index contributed by atoms with van der Waals surface area (Å²) >= 11 is 0. The lowest BCUT2D eigenvalue weighted by molar-refractivity contribution is -0.142. The lowest BCUT2D eigenvalue weighted by Gasteiger charge is -2.05. The summed E-state index contributed by atoms with van der Waals surface area (Å²) in [5.41, 5.74) is 4.20. The lowest BCUT2D eigenvalue weighted by atomic mass is 10.1. The quantitative estimate of drug-likeness (QED) is 0.656. The number of rotatable bonds is 6. The van der Waals surface area contributed by atoms with Crippen LogP contribution in [-0.2, 0) is 16.1 Å². The third kappa shape index (κ3) is 3.84. The molecule has 0 aromatic carbocycles. The molecule has 118 valence electrons. The Morgan fingerprint density at radius 2 is 1.95 bits per heavy atom. The van der Waals surface area contributed by atoms with Crippen LogP contribution in [0.1, 0.15) is 39.6 Å². The van der Waals surface area contributed by atoms with Gasteiger partial charge in [-0.2, -0.15) is 5.10 Å². The Morgan fingerprint density at radius 1 is 1.23 bits per heavy atom. The normalized spacial score (nSPS) is 10.7. The van der Waals surface area contributed by atoms with Crippen molar-refractivity contribution in [1.29, 1.82) is 0 Å². The molecule has 6 heteroatoms. The number of nitrogens with one attached hydrogen (secondary N) is 1. The summed E-state index contributed by atoms with van der Waals surface area (Å²) in [5.74, 6) is -0.591. The summed E-state index contributed by atoms with van der Waals surface area (Å²) in [6, 6.07) is 3.72. The van der Waals surface area contributed by atoms with Crippen molar-refractivity contribution < 1.29 is 14.3 Å². The molecular weight excluding hydrogens is 282 g/mol. The first-order chi connectivity index (χ1) is 10.4. The van der Waals surface area contributed by atoms with Crippen LogP contribution in [-0.4, -0.2) is 33.1 Å². The van der Waals surface area contributed by atoms with E-state index in [1.165, 1.54) is 0 Å². The van der Waals surface area contributed by atoms with Crippen molar-refractivity contribution in [1.82, 2.24) is 14.8 Å². The van der Waals surface area contributed by atoms with E-state index in [1.54, 1.807) is 10.7 Å². The van der Waals surface area contributed by atoms with Crippen LogP contribution in [0.15, 0.2) is 12.1 Å². The summed E-state index contributed by atoms with van der Waals surface area (Å²) in [7, 11) is 0. The number of nitrogens with zero attached hydrogens (tertiary/aromatic N) is 2. The van der Waals surface area contributed by atoms with Crippen LogP contribution in [0.25, 0.3) is 0 Å². The van der Waals surface area contributed by atoms with Gasteiger partial charge < -0.3 is 9.72 Å². The number of ketones is 1. The molecule has 0 spiro atoms. The van der Waals surface area contributed by atoms with Crippen LogP contribution in [0.2, 0.25) is 0 Å². The number of ether oxygens (including phenoxy) is 1. The number of hydrogen-bond acceptors (Lipinski definition) is 4. The highest BCUT2D eigenvalue weighted by Crippen LogP contribution is 2.10. The van der Waals surface area contributed by atoms with E-state index >= 15 is 0 Å². The molecule has 2 heterocycles. The van der Waals surface area contributed by atoms with Gasteiger partial charge >= 0.3 is 5.97 Å². The van der Waals surface area contributed by atoms with E-state index in [-0.39, 0.29) is 18.8 Å². The molecule has 0 radical (unpaired) electrons.